The third kappa shape index (κ3) is 9.99. The van der Waals surface area contributed by atoms with Gasteiger partial charge in [0.25, 0.3) is 17.7 Å². The van der Waals surface area contributed by atoms with Crippen LogP contribution in [0, 0.1) is 6.92 Å². The number of pyridine rings is 3. The first-order valence-electron chi connectivity index (χ1n) is 22.8. The van der Waals surface area contributed by atoms with Crippen LogP contribution in [-0.4, -0.2) is 190 Å². The van der Waals surface area contributed by atoms with Gasteiger partial charge >= 0.3 is 0 Å². The topological polar surface area (TPSA) is 146 Å². The first-order chi connectivity index (χ1) is 30.5. The van der Waals surface area contributed by atoms with E-state index in [4.69, 9.17) is 18.9 Å². The number of hydrogen-bond donors (Lipinski definition) is 0. The monoisotopic (exact) mass is 884 g/mol. The van der Waals surface area contributed by atoms with Crippen molar-refractivity contribution in [2.75, 3.05) is 73.8 Å². The van der Waals surface area contributed by atoms with E-state index in [9.17, 15) is 14.4 Å². The highest BCUT2D eigenvalue weighted by molar-refractivity contribution is 5.96. The summed E-state index contributed by atoms with van der Waals surface area (Å²) in [6.45, 7) is 24.0. The van der Waals surface area contributed by atoms with Crippen molar-refractivity contribution in [1.29, 1.82) is 0 Å². The van der Waals surface area contributed by atoms with Crippen LogP contribution in [0.2, 0.25) is 0 Å². The van der Waals surface area contributed by atoms with Gasteiger partial charge in [-0.3, -0.25) is 29.1 Å². The number of methoxy groups -OCH3 is 3. The molecule has 16 heteroatoms. The zero-order chi connectivity index (χ0) is 46.0. The highest BCUT2D eigenvalue weighted by Crippen LogP contribution is 2.36. The van der Waals surface area contributed by atoms with E-state index in [0.29, 0.717) is 83.8 Å². The van der Waals surface area contributed by atoms with Crippen LogP contribution in [0.1, 0.15) is 97.9 Å². The number of piperidine rings is 2. The van der Waals surface area contributed by atoms with E-state index < -0.39 is 0 Å². The standard InChI is InChI=1S/C17H25N3O3.C16H23N3O2.C15H21N3O2/c1-17(2,3)19-8-13-10-23-11-14(9-19)20(13)16(21)12-5-6-15(22-4)18-7-12;1-10(2)18-8-13-6-14(9-18)19(13)16(20)12-5-11(3)15(21-4)17-7-12;1-10(2)18-12-6-13(18)9-17(8-12)15(19)11-4-5-14(20-3)16-7-11/h5-7,13-14H,8-11H2,1-4H3;5,7,10,13-14H,6,8-9H2,1-4H3;4-5,7,10,12-13H,6,8-9H2,1-3H3. The van der Waals surface area contributed by atoms with Crippen LogP contribution in [0.25, 0.3) is 0 Å². The summed E-state index contributed by atoms with van der Waals surface area (Å²) < 4.78 is 20.9. The van der Waals surface area contributed by atoms with E-state index in [1.54, 1.807) is 64.2 Å². The van der Waals surface area contributed by atoms with Crippen LogP contribution in [0.3, 0.4) is 0 Å². The molecule has 3 amide bonds. The van der Waals surface area contributed by atoms with E-state index in [1.807, 2.05) is 27.7 Å². The number of rotatable bonds is 8. The Labute approximate surface area is 379 Å². The van der Waals surface area contributed by atoms with Crippen LogP contribution in [-0.2, 0) is 4.74 Å². The van der Waals surface area contributed by atoms with Crippen molar-refractivity contribution in [3.63, 3.8) is 0 Å². The fourth-order valence-electron chi connectivity index (χ4n) is 10.2. The summed E-state index contributed by atoms with van der Waals surface area (Å²) in [5, 5.41) is 0. The summed E-state index contributed by atoms with van der Waals surface area (Å²) in [6, 6.07) is 12.0. The second-order valence-corrected chi connectivity index (χ2v) is 19.5. The van der Waals surface area contributed by atoms with Crippen molar-refractivity contribution in [2.24, 2.45) is 0 Å². The van der Waals surface area contributed by atoms with Crippen LogP contribution >= 0.6 is 0 Å². The van der Waals surface area contributed by atoms with Gasteiger partial charge in [-0.05, 0) is 86.4 Å². The molecule has 6 atom stereocenters. The molecule has 0 saturated carbocycles. The molecule has 64 heavy (non-hydrogen) atoms. The van der Waals surface area contributed by atoms with E-state index in [-0.39, 0.29) is 35.3 Å². The second kappa shape index (κ2) is 19.7. The van der Waals surface area contributed by atoms with Gasteiger partial charge in [0.05, 0.1) is 63.3 Å². The average molecular weight is 884 g/mol. The fourth-order valence-corrected chi connectivity index (χ4v) is 10.2. The zero-order valence-corrected chi connectivity index (χ0v) is 39.7. The van der Waals surface area contributed by atoms with Crippen molar-refractivity contribution >= 4 is 17.7 Å². The van der Waals surface area contributed by atoms with Gasteiger partial charge in [0.1, 0.15) is 0 Å². The molecule has 3 aromatic rings. The highest BCUT2D eigenvalue weighted by atomic mass is 16.5. The number of aryl methyl sites for hydroxylation is 1. The Hall–Kier alpha value is -4.90. The number of fused-ring (bicyclic) bond motifs is 6. The SMILES string of the molecule is COc1ccc(C(=O)N2C3COCC2CN(C(C)(C)C)C3)cn1.COc1ccc(C(=O)N2CC3CC(C2)N3C(C)C)cn1.COc1ncc(C(=O)N2C3CC2CN(C(C)C)C3)cc1C. The molecule has 0 N–H and O–H groups in total. The Bertz CT molecular complexity index is 2060. The van der Waals surface area contributed by atoms with Crippen LogP contribution < -0.4 is 14.2 Å². The molecule has 0 radical (unpaired) electrons. The second-order valence-electron chi connectivity index (χ2n) is 19.5. The predicted octanol–water partition coefficient (Wildman–Crippen LogP) is 4.52. The van der Waals surface area contributed by atoms with Gasteiger partial charge in [0.2, 0.25) is 17.6 Å². The number of carbonyl (C=O) groups is 3. The lowest BCUT2D eigenvalue weighted by Crippen LogP contribution is -2.70. The van der Waals surface area contributed by atoms with Gasteiger partial charge in [-0.1, -0.05) is 0 Å². The quantitative estimate of drug-likeness (QED) is 0.313. The number of morpholine rings is 1. The lowest BCUT2D eigenvalue weighted by molar-refractivity contribution is -0.0965. The molecule has 0 spiro atoms. The molecule has 7 aliphatic rings. The predicted molar refractivity (Wildman–Crippen MR) is 243 cm³/mol. The van der Waals surface area contributed by atoms with E-state index in [0.717, 1.165) is 51.3 Å². The summed E-state index contributed by atoms with van der Waals surface area (Å²) in [5.41, 5.74) is 2.92. The zero-order valence-electron chi connectivity index (χ0n) is 39.7. The highest BCUT2D eigenvalue weighted by Gasteiger charge is 2.49. The van der Waals surface area contributed by atoms with Gasteiger partial charge in [-0.25, -0.2) is 15.0 Å². The maximum Gasteiger partial charge on any atom is 0.256 e. The molecule has 10 rings (SSSR count). The van der Waals surface area contributed by atoms with E-state index in [1.165, 1.54) is 6.42 Å². The van der Waals surface area contributed by atoms with E-state index >= 15 is 0 Å². The minimum atomic E-state index is 0.0343. The first kappa shape index (κ1) is 47.1. The van der Waals surface area contributed by atoms with Gasteiger partial charge in [-0.15, -0.1) is 0 Å². The normalized spacial score (nSPS) is 25.2. The molecule has 7 saturated heterocycles. The molecule has 6 unspecified atom stereocenters. The summed E-state index contributed by atoms with van der Waals surface area (Å²) in [6.07, 6.45) is 7.18. The summed E-state index contributed by atoms with van der Waals surface area (Å²) in [7, 11) is 4.73. The number of nitrogens with zero attached hydrogens (tertiary/aromatic N) is 9. The van der Waals surface area contributed by atoms with Gasteiger partial charge in [-0.2, -0.15) is 0 Å². The number of hydrogen-bond acceptors (Lipinski definition) is 13. The minimum absolute atomic E-state index is 0.0343. The van der Waals surface area contributed by atoms with Crippen molar-refractivity contribution in [1.82, 2.24) is 44.4 Å². The number of carbonyl (C=O) groups excluding carboxylic acids is 3. The number of ether oxygens (including phenoxy) is 4. The third-order valence-electron chi connectivity index (χ3n) is 13.6. The lowest BCUT2D eigenvalue weighted by atomic mass is 9.85. The minimum Gasteiger partial charge on any atom is -0.481 e. The summed E-state index contributed by atoms with van der Waals surface area (Å²) >= 11 is 0. The van der Waals surface area contributed by atoms with Crippen molar-refractivity contribution < 1.29 is 33.3 Å². The molecule has 10 heterocycles. The Morgan fingerprint density at radius 2 is 1.12 bits per heavy atom. The number of likely N-dealkylation sites (tertiary alicyclic amines) is 2. The van der Waals surface area contributed by atoms with Crippen molar-refractivity contribution in [3.8, 4) is 17.6 Å². The van der Waals surface area contributed by atoms with Gasteiger partial charge in [0, 0.05) is 117 Å². The van der Waals surface area contributed by atoms with Crippen molar-refractivity contribution in [3.05, 3.63) is 71.2 Å². The maximum atomic E-state index is 12.9. The van der Waals surface area contributed by atoms with E-state index in [2.05, 4.69) is 78.1 Å². The Morgan fingerprint density at radius 3 is 1.58 bits per heavy atom. The summed E-state index contributed by atoms with van der Waals surface area (Å²) in [5.74, 6) is 1.86. The molecule has 3 aromatic heterocycles. The molecular formula is C48H69N9O7. The average Bonchev–Trinajstić information content (AvgIpc) is 3.28. The Morgan fingerprint density at radius 1 is 0.625 bits per heavy atom. The smallest absolute Gasteiger partial charge is 0.256 e. The van der Waals surface area contributed by atoms with Gasteiger partial charge < -0.3 is 33.6 Å². The number of aromatic nitrogens is 3. The fraction of sp³-hybridized carbons (Fsp3) is 0.625. The maximum absolute atomic E-state index is 12.9. The molecule has 7 fully saturated rings. The largest absolute Gasteiger partial charge is 0.481 e. The molecule has 6 bridgehead atoms. The van der Waals surface area contributed by atoms with Gasteiger partial charge in [0.15, 0.2) is 0 Å². The molecule has 348 valence electrons. The van der Waals surface area contributed by atoms with Crippen LogP contribution in [0.15, 0.2) is 48.9 Å². The number of piperazine rings is 3. The molecule has 7 aliphatic heterocycles. The van der Waals surface area contributed by atoms with Crippen molar-refractivity contribution in [2.45, 2.75) is 122 Å². The lowest BCUT2D eigenvalue weighted by Gasteiger charge is -2.58. The first-order valence-corrected chi connectivity index (χ1v) is 22.8. The van der Waals surface area contributed by atoms with Crippen LogP contribution in [0.5, 0.6) is 17.6 Å². The molecular weight excluding hydrogens is 815 g/mol. The Kier molecular flexibility index (Phi) is 14.5. The summed E-state index contributed by atoms with van der Waals surface area (Å²) in [4.78, 5) is 64.0. The van der Waals surface area contributed by atoms with Crippen LogP contribution in [0.4, 0.5) is 0 Å². The number of amides is 3. The molecule has 0 aliphatic carbocycles. The molecule has 0 aromatic carbocycles. The Balaban J connectivity index is 0.000000144. The third-order valence-corrected chi connectivity index (χ3v) is 13.6. The molecule has 16 nitrogen and oxygen atoms in total.